The molecule has 8 heteroatoms. The molecule has 0 aliphatic rings. The Morgan fingerprint density at radius 1 is 0.313 bits per heavy atom. The number of hydrogen-bond donors (Lipinski definition) is 0. The first-order valence-corrected chi connectivity index (χ1v) is 23.2. The van der Waals surface area contributed by atoms with E-state index in [-0.39, 0.29) is 11.1 Å². The van der Waals surface area contributed by atoms with E-state index < -0.39 is 35.1 Å². The second kappa shape index (κ2) is 22.0. The highest BCUT2D eigenvalue weighted by molar-refractivity contribution is 5.89. The Kier molecular flexibility index (Phi) is 16.0. The molecule has 67 heavy (non-hydrogen) atoms. The van der Waals surface area contributed by atoms with Crippen LogP contribution in [0.5, 0.6) is 0 Å². The first-order valence-electron chi connectivity index (χ1n) is 23.2. The van der Waals surface area contributed by atoms with Crippen molar-refractivity contribution in [3.05, 3.63) is 192 Å². The minimum atomic E-state index is -4.41. The zero-order valence-corrected chi connectivity index (χ0v) is 37.8. The van der Waals surface area contributed by atoms with E-state index in [1.54, 1.807) is 18.2 Å². The monoisotopic (exact) mass is 914 g/mol. The molecule has 0 aliphatic carbocycles. The standard InChI is InChI=1S/C30H28F4.C29H26F4/c1-2-3-4-5-6-7-21-8-9-24-19-25(11-10-23(24)18-21)26-14-17-28(29(31)20-26)22-12-15-27(16-13-22)30(32,33)34;1-2-3-4-5-6-20-7-8-23-18-24(10-9-22(23)17-20)25-13-16-27(28(30)19-25)21-11-14-26(15-12-21)29(31,32)33/h8-20H,2-7H2,1H3;7-19H,2-6H2,1H3. The normalized spacial score (nSPS) is 11.8. The number of unbranched alkanes of at least 4 members (excludes halogenated alkanes) is 7. The van der Waals surface area contributed by atoms with Gasteiger partial charge in [-0.25, -0.2) is 8.78 Å². The van der Waals surface area contributed by atoms with E-state index in [9.17, 15) is 35.1 Å². The molecule has 0 N–H and O–H groups in total. The van der Waals surface area contributed by atoms with E-state index in [2.05, 4.69) is 62.4 Å². The second-order valence-corrected chi connectivity index (χ2v) is 17.3. The molecule has 0 bridgehead atoms. The molecular weight excluding hydrogens is 861 g/mol. The van der Waals surface area contributed by atoms with E-state index in [0.717, 1.165) is 80.9 Å². The first kappa shape index (κ1) is 48.6. The summed E-state index contributed by atoms with van der Waals surface area (Å²) in [7, 11) is 0. The highest BCUT2D eigenvalue weighted by Crippen LogP contribution is 2.36. The predicted molar refractivity (Wildman–Crippen MR) is 260 cm³/mol. The van der Waals surface area contributed by atoms with E-state index in [1.165, 1.54) is 105 Å². The lowest BCUT2D eigenvalue weighted by atomic mass is 9.96. The van der Waals surface area contributed by atoms with Gasteiger partial charge in [0.25, 0.3) is 0 Å². The van der Waals surface area contributed by atoms with Crippen molar-refractivity contribution >= 4 is 21.5 Å². The van der Waals surface area contributed by atoms with Crippen molar-refractivity contribution in [1.82, 2.24) is 0 Å². The lowest BCUT2D eigenvalue weighted by Gasteiger charge is -2.10. The van der Waals surface area contributed by atoms with Crippen molar-refractivity contribution in [1.29, 1.82) is 0 Å². The summed E-state index contributed by atoms with van der Waals surface area (Å²) in [5.74, 6) is -0.925. The third-order valence-electron chi connectivity index (χ3n) is 12.3. The molecule has 0 atom stereocenters. The van der Waals surface area contributed by atoms with Crippen LogP contribution in [0.1, 0.15) is 93.9 Å². The number of hydrogen-bond acceptors (Lipinski definition) is 0. The molecule has 0 saturated heterocycles. The number of halogens is 8. The van der Waals surface area contributed by atoms with Gasteiger partial charge in [-0.2, -0.15) is 26.3 Å². The third kappa shape index (κ3) is 12.8. The van der Waals surface area contributed by atoms with Crippen molar-refractivity contribution in [2.75, 3.05) is 0 Å². The van der Waals surface area contributed by atoms with Crippen LogP contribution in [-0.4, -0.2) is 0 Å². The molecule has 0 aromatic heterocycles. The van der Waals surface area contributed by atoms with Crippen LogP contribution in [0.3, 0.4) is 0 Å². The molecule has 0 amide bonds. The smallest absolute Gasteiger partial charge is 0.206 e. The molecule has 0 nitrogen and oxygen atoms in total. The maximum Gasteiger partial charge on any atom is 0.416 e. The molecule has 0 unspecified atom stereocenters. The van der Waals surface area contributed by atoms with Gasteiger partial charge in [0.2, 0.25) is 0 Å². The lowest BCUT2D eigenvalue weighted by Crippen LogP contribution is -2.04. The molecule has 0 heterocycles. The zero-order valence-electron chi connectivity index (χ0n) is 37.8. The molecule has 8 aromatic rings. The Morgan fingerprint density at radius 3 is 1.00 bits per heavy atom. The summed E-state index contributed by atoms with van der Waals surface area (Å²) in [6.07, 6.45) is 4.59. The van der Waals surface area contributed by atoms with Crippen molar-refractivity contribution in [3.63, 3.8) is 0 Å². The molecule has 0 aliphatic heterocycles. The molecule has 0 saturated carbocycles. The van der Waals surface area contributed by atoms with E-state index in [4.69, 9.17) is 0 Å². The average Bonchev–Trinajstić information content (AvgIpc) is 3.32. The van der Waals surface area contributed by atoms with Crippen LogP contribution in [-0.2, 0) is 25.2 Å². The number of aryl methyl sites for hydroxylation is 2. The molecule has 8 rings (SSSR count). The molecule has 0 spiro atoms. The fourth-order valence-electron chi connectivity index (χ4n) is 8.48. The summed E-state index contributed by atoms with van der Waals surface area (Å²) in [6.45, 7) is 4.43. The minimum Gasteiger partial charge on any atom is -0.206 e. The minimum absolute atomic E-state index is 0.279. The Hall–Kier alpha value is -6.28. The van der Waals surface area contributed by atoms with Crippen LogP contribution in [0.2, 0.25) is 0 Å². The SMILES string of the molecule is CCCCCCCc1ccc2cc(-c3ccc(-c4ccc(C(F)(F)F)cc4)c(F)c3)ccc2c1.CCCCCCc1ccc2cc(-c3ccc(-c4ccc(C(F)(F)F)cc4)c(F)c3)ccc2c1. The quantitative estimate of drug-likeness (QED) is 0.0710. The Morgan fingerprint density at radius 2 is 0.627 bits per heavy atom. The second-order valence-electron chi connectivity index (χ2n) is 17.3. The van der Waals surface area contributed by atoms with Crippen molar-refractivity contribution in [3.8, 4) is 44.5 Å². The molecule has 8 aromatic carbocycles. The van der Waals surface area contributed by atoms with Crippen molar-refractivity contribution in [2.45, 2.75) is 96.8 Å². The molecular formula is C59H54F8. The van der Waals surface area contributed by atoms with Gasteiger partial charge in [-0.15, -0.1) is 0 Å². The fraction of sp³-hybridized carbons (Fsp3) is 0.254. The summed E-state index contributed by atoms with van der Waals surface area (Å²) < 4.78 is 107. The van der Waals surface area contributed by atoms with Gasteiger partial charge in [0.15, 0.2) is 0 Å². The summed E-state index contributed by atoms with van der Waals surface area (Å²) in [4.78, 5) is 0. The largest absolute Gasteiger partial charge is 0.416 e. The highest BCUT2D eigenvalue weighted by Gasteiger charge is 2.31. The molecule has 0 radical (unpaired) electrons. The van der Waals surface area contributed by atoms with E-state index in [1.807, 2.05) is 30.3 Å². The number of fused-ring (bicyclic) bond motifs is 2. The van der Waals surface area contributed by atoms with Gasteiger partial charge in [-0.3, -0.25) is 0 Å². The van der Waals surface area contributed by atoms with Gasteiger partial charge in [0, 0.05) is 11.1 Å². The Balaban J connectivity index is 0.000000199. The molecule has 346 valence electrons. The highest BCUT2D eigenvalue weighted by atomic mass is 19.4. The van der Waals surface area contributed by atoms with Crippen LogP contribution >= 0.6 is 0 Å². The van der Waals surface area contributed by atoms with Crippen LogP contribution < -0.4 is 0 Å². The van der Waals surface area contributed by atoms with Gasteiger partial charge in [0.05, 0.1) is 11.1 Å². The summed E-state index contributed by atoms with van der Waals surface area (Å²) in [5.41, 5.74) is 5.82. The van der Waals surface area contributed by atoms with Gasteiger partial charge >= 0.3 is 12.4 Å². The predicted octanol–water partition coefficient (Wildman–Crippen LogP) is 19.3. The van der Waals surface area contributed by atoms with Crippen LogP contribution in [0, 0.1) is 11.6 Å². The van der Waals surface area contributed by atoms with Crippen LogP contribution in [0.15, 0.2) is 158 Å². The topological polar surface area (TPSA) is 0 Å². The Labute approximate surface area is 388 Å². The van der Waals surface area contributed by atoms with Crippen molar-refractivity contribution in [2.24, 2.45) is 0 Å². The van der Waals surface area contributed by atoms with Gasteiger partial charge < -0.3 is 0 Å². The average molecular weight is 915 g/mol. The summed E-state index contributed by atoms with van der Waals surface area (Å²) in [5, 5.41) is 4.52. The third-order valence-corrected chi connectivity index (χ3v) is 12.3. The zero-order chi connectivity index (χ0) is 47.6. The molecule has 0 fully saturated rings. The fourth-order valence-corrected chi connectivity index (χ4v) is 8.48. The number of rotatable bonds is 15. The van der Waals surface area contributed by atoms with Crippen molar-refractivity contribution < 1.29 is 35.1 Å². The van der Waals surface area contributed by atoms with Gasteiger partial charge in [-0.1, -0.05) is 168 Å². The summed E-state index contributed by atoms with van der Waals surface area (Å²) in [6, 6.07) is 44.1. The van der Waals surface area contributed by atoms with Gasteiger partial charge in [-0.05, 0) is 140 Å². The Bertz CT molecular complexity index is 2890. The summed E-state index contributed by atoms with van der Waals surface area (Å²) >= 11 is 0. The number of benzene rings is 8. The lowest BCUT2D eigenvalue weighted by molar-refractivity contribution is -0.138. The maximum atomic E-state index is 14.9. The number of alkyl halides is 6. The van der Waals surface area contributed by atoms with E-state index >= 15 is 0 Å². The van der Waals surface area contributed by atoms with Gasteiger partial charge in [0.1, 0.15) is 11.6 Å². The maximum absolute atomic E-state index is 14.9. The van der Waals surface area contributed by atoms with Crippen LogP contribution in [0.4, 0.5) is 35.1 Å². The van der Waals surface area contributed by atoms with Crippen LogP contribution in [0.25, 0.3) is 66.1 Å². The van der Waals surface area contributed by atoms with E-state index in [0.29, 0.717) is 11.1 Å². The first-order chi connectivity index (χ1) is 32.2.